The molecule has 106 valence electrons. The van der Waals surface area contributed by atoms with Crippen molar-refractivity contribution in [1.82, 2.24) is 5.32 Å². The van der Waals surface area contributed by atoms with Crippen LogP contribution in [0.15, 0.2) is 40.8 Å². The van der Waals surface area contributed by atoms with Crippen LogP contribution < -0.4 is 11.1 Å². The summed E-state index contributed by atoms with van der Waals surface area (Å²) in [6.07, 6.45) is 0.748. The molecule has 0 aliphatic carbocycles. The molecule has 0 saturated carbocycles. The maximum absolute atomic E-state index is 11.8. The van der Waals surface area contributed by atoms with E-state index in [2.05, 4.69) is 5.32 Å². The number of benzene rings is 1. The Morgan fingerprint density at radius 1 is 1.25 bits per heavy atom. The SMILES string of the molecule is COCc1ccc(C(=O)NCCc2ccc(N)cc2)o1. The predicted molar refractivity (Wildman–Crippen MR) is 76.3 cm³/mol. The Kier molecular flexibility index (Phi) is 4.79. The molecular formula is C15H18N2O3. The zero-order chi connectivity index (χ0) is 14.4. The second-order valence-corrected chi connectivity index (χ2v) is 4.45. The number of amides is 1. The largest absolute Gasteiger partial charge is 0.453 e. The van der Waals surface area contributed by atoms with Crippen molar-refractivity contribution in [2.45, 2.75) is 13.0 Å². The summed E-state index contributed by atoms with van der Waals surface area (Å²) < 4.78 is 10.3. The Morgan fingerprint density at radius 2 is 2.00 bits per heavy atom. The monoisotopic (exact) mass is 274 g/mol. The molecule has 0 bridgehead atoms. The van der Waals surface area contributed by atoms with Crippen LogP contribution >= 0.6 is 0 Å². The van der Waals surface area contributed by atoms with Crippen LogP contribution in [-0.4, -0.2) is 19.6 Å². The van der Waals surface area contributed by atoms with Crippen molar-refractivity contribution >= 4 is 11.6 Å². The number of nitrogens with one attached hydrogen (secondary N) is 1. The molecule has 0 spiro atoms. The summed E-state index contributed by atoms with van der Waals surface area (Å²) in [6, 6.07) is 11.0. The highest BCUT2D eigenvalue weighted by atomic mass is 16.5. The lowest BCUT2D eigenvalue weighted by atomic mass is 10.1. The Morgan fingerprint density at radius 3 is 2.70 bits per heavy atom. The molecule has 1 aromatic carbocycles. The van der Waals surface area contributed by atoms with Gasteiger partial charge in [0.15, 0.2) is 5.76 Å². The molecule has 5 heteroatoms. The third-order valence-electron chi connectivity index (χ3n) is 2.85. The molecule has 0 saturated heterocycles. The van der Waals surface area contributed by atoms with Crippen LogP contribution in [0.25, 0.3) is 0 Å². The molecule has 0 aliphatic heterocycles. The van der Waals surface area contributed by atoms with E-state index in [0.29, 0.717) is 24.7 Å². The molecule has 2 rings (SSSR count). The molecule has 0 atom stereocenters. The van der Waals surface area contributed by atoms with Crippen LogP contribution in [0, 0.1) is 0 Å². The summed E-state index contributed by atoms with van der Waals surface area (Å²) in [5.74, 6) is 0.716. The lowest BCUT2D eigenvalue weighted by Gasteiger charge is -2.04. The highest BCUT2D eigenvalue weighted by Crippen LogP contribution is 2.09. The van der Waals surface area contributed by atoms with Crippen molar-refractivity contribution in [3.63, 3.8) is 0 Å². The molecule has 3 N–H and O–H groups in total. The summed E-state index contributed by atoms with van der Waals surface area (Å²) in [7, 11) is 1.58. The van der Waals surface area contributed by atoms with Crippen LogP contribution in [0.5, 0.6) is 0 Å². The second kappa shape index (κ2) is 6.77. The molecule has 0 unspecified atom stereocenters. The van der Waals surface area contributed by atoms with Gasteiger partial charge < -0.3 is 20.2 Å². The first-order valence-electron chi connectivity index (χ1n) is 6.39. The van der Waals surface area contributed by atoms with E-state index in [4.69, 9.17) is 14.9 Å². The highest BCUT2D eigenvalue weighted by molar-refractivity contribution is 5.91. The second-order valence-electron chi connectivity index (χ2n) is 4.45. The standard InChI is InChI=1S/C15H18N2O3/c1-19-10-13-6-7-14(20-13)15(18)17-9-8-11-2-4-12(16)5-3-11/h2-7H,8-10,16H2,1H3,(H,17,18). The molecule has 20 heavy (non-hydrogen) atoms. The third-order valence-corrected chi connectivity index (χ3v) is 2.85. The van der Waals surface area contributed by atoms with Crippen LogP contribution in [-0.2, 0) is 17.8 Å². The molecule has 1 amide bonds. The first-order chi connectivity index (χ1) is 9.69. The number of nitrogen functional groups attached to an aromatic ring is 1. The fourth-order valence-electron chi connectivity index (χ4n) is 1.81. The molecule has 1 heterocycles. The van der Waals surface area contributed by atoms with Gasteiger partial charge in [0.25, 0.3) is 5.91 Å². The zero-order valence-electron chi connectivity index (χ0n) is 11.4. The number of carbonyl (C=O) groups excluding carboxylic acids is 1. The lowest BCUT2D eigenvalue weighted by Crippen LogP contribution is -2.25. The van der Waals surface area contributed by atoms with E-state index in [0.717, 1.165) is 17.7 Å². The molecular weight excluding hydrogens is 256 g/mol. The quantitative estimate of drug-likeness (QED) is 0.790. The third kappa shape index (κ3) is 3.86. The van der Waals surface area contributed by atoms with Gasteiger partial charge in [0.05, 0.1) is 0 Å². The van der Waals surface area contributed by atoms with Gasteiger partial charge in [-0.2, -0.15) is 0 Å². The molecule has 0 radical (unpaired) electrons. The molecule has 5 nitrogen and oxygen atoms in total. The molecule has 1 aromatic heterocycles. The fraction of sp³-hybridized carbons (Fsp3) is 0.267. The number of furan rings is 1. The van der Waals surface area contributed by atoms with Crippen LogP contribution in [0.1, 0.15) is 21.9 Å². The minimum absolute atomic E-state index is 0.220. The minimum Gasteiger partial charge on any atom is -0.453 e. The van der Waals surface area contributed by atoms with Gasteiger partial charge in [0, 0.05) is 19.3 Å². The molecule has 0 aliphatic rings. The Bertz CT molecular complexity index is 561. The Balaban J connectivity index is 1.81. The number of hydrogen-bond acceptors (Lipinski definition) is 4. The number of anilines is 1. The van der Waals surface area contributed by atoms with Crippen molar-refractivity contribution in [2.24, 2.45) is 0 Å². The van der Waals surface area contributed by atoms with Gasteiger partial charge in [-0.3, -0.25) is 4.79 Å². The zero-order valence-corrected chi connectivity index (χ0v) is 11.4. The smallest absolute Gasteiger partial charge is 0.287 e. The number of methoxy groups -OCH3 is 1. The average Bonchev–Trinajstić information content (AvgIpc) is 2.90. The average molecular weight is 274 g/mol. The normalized spacial score (nSPS) is 10.4. The number of hydrogen-bond donors (Lipinski definition) is 2. The van der Waals surface area contributed by atoms with Crippen LogP contribution in [0.2, 0.25) is 0 Å². The van der Waals surface area contributed by atoms with Gasteiger partial charge in [-0.1, -0.05) is 12.1 Å². The van der Waals surface area contributed by atoms with E-state index in [1.165, 1.54) is 0 Å². The van der Waals surface area contributed by atoms with Gasteiger partial charge in [0.1, 0.15) is 12.4 Å². The topological polar surface area (TPSA) is 77.5 Å². The van der Waals surface area contributed by atoms with Crippen LogP contribution in [0.3, 0.4) is 0 Å². The summed E-state index contributed by atoms with van der Waals surface area (Å²) in [5.41, 5.74) is 7.47. The van der Waals surface area contributed by atoms with Crippen molar-refractivity contribution in [3.05, 3.63) is 53.5 Å². The number of ether oxygens (including phenoxy) is 1. The summed E-state index contributed by atoms with van der Waals surface area (Å²) in [6.45, 7) is 0.905. The number of rotatable bonds is 6. The molecule has 2 aromatic rings. The number of carbonyl (C=O) groups is 1. The van der Waals surface area contributed by atoms with Gasteiger partial charge in [-0.15, -0.1) is 0 Å². The van der Waals surface area contributed by atoms with E-state index in [9.17, 15) is 4.79 Å². The lowest BCUT2D eigenvalue weighted by molar-refractivity contribution is 0.0917. The maximum Gasteiger partial charge on any atom is 0.287 e. The number of nitrogens with two attached hydrogens (primary N) is 1. The minimum atomic E-state index is -0.220. The van der Waals surface area contributed by atoms with E-state index in [1.807, 2.05) is 24.3 Å². The predicted octanol–water partition coefficient (Wildman–Crippen LogP) is 1.98. The first-order valence-corrected chi connectivity index (χ1v) is 6.39. The Labute approximate surface area is 117 Å². The van der Waals surface area contributed by atoms with E-state index in [-0.39, 0.29) is 5.91 Å². The summed E-state index contributed by atoms with van der Waals surface area (Å²) in [4.78, 5) is 11.8. The van der Waals surface area contributed by atoms with E-state index >= 15 is 0 Å². The van der Waals surface area contributed by atoms with E-state index in [1.54, 1.807) is 19.2 Å². The summed E-state index contributed by atoms with van der Waals surface area (Å²) in [5, 5.41) is 2.81. The van der Waals surface area contributed by atoms with Crippen molar-refractivity contribution < 1.29 is 13.9 Å². The Hall–Kier alpha value is -2.27. The van der Waals surface area contributed by atoms with Gasteiger partial charge in [0.2, 0.25) is 0 Å². The van der Waals surface area contributed by atoms with Gasteiger partial charge >= 0.3 is 0 Å². The highest BCUT2D eigenvalue weighted by Gasteiger charge is 2.10. The summed E-state index contributed by atoms with van der Waals surface area (Å²) >= 11 is 0. The van der Waals surface area contributed by atoms with Gasteiger partial charge in [-0.05, 0) is 36.2 Å². The van der Waals surface area contributed by atoms with Crippen LogP contribution in [0.4, 0.5) is 5.69 Å². The van der Waals surface area contributed by atoms with E-state index < -0.39 is 0 Å². The maximum atomic E-state index is 11.8. The van der Waals surface area contributed by atoms with Crippen molar-refractivity contribution in [3.8, 4) is 0 Å². The van der Waals surface area contributed by atoms with Crippen molar-refractivity contribution in [2.75, 3.05) is 19.4 Å². The first kappa shape index (κ1) is 14.1. The van der Waals surface area contributed by atoms with Gasteiger partial charge in [-0.25, -0.2) is 0 Å². The van der Waals surface area contributed by atoms with Crippen molar-refractivity contribution in [1.29, 1.82) is 0 Å². The molecule has 0 fully saturated rings. The fourth-order valence-corrected chi connectivity index (χ4v) is 1.81.